The number of aliphatic carboxylic acids is 1. The molecule has 0 radical (unpaired) electrons. The van der Waals surface area contributed by atoms with E-state index in [-0.39, 0.29) is 18.1 Å². The van der Waals surface area contributed by atoms with Crippen LogP contribution in [0.25, 0.3) is 10.9 Å². The number of hydrogen-bond acceptors (Lipinski definition) is 2. The Balaban J connectivity index is 1.99. The van der Waals surface area contributed by atoms with E-state index in [9.17, 15) is 19.1 Å². The summed E-state index contributed by atoms with van der Waals surface area (Å²) in [5.41, 5.74) is 2.15. The average Bonchev–Trinajstić information content (AvgIpc) is 3.14. The highest BCUT2D eigenvalue weighted by atomic mass is 79.9. The van der Waals surface area contributed by atoms with Crippen molar-refractivity contribution >= 4 is 50.2 Å². The van der Waals surface area contributed by atoms with Crippen LogP contribution in [-0.2, 0) is 11.3 Å². The lowest BCUT2D eigenvalue weighted by molar-refractivity contribution is -0.137. The molecule has 4 nitrogen and oxygen atoms in total. The fourth-order valence-corrected chi connectivity index (χ4v) is 4.63. The third kappa shape index (κ3) is 3.07. The normalized spacial score (nSPS) is 15.9. The minimum atomic E-state index is -0.922. The zero-order valence-corrected chi connectivity index (χ0v) is 16.3. The second-order valence-corrected chi connectivity index (χ2v) is 7.90. The molecule has 0 bridgehead atoms. The molecule has 1 aliphatic heterocycles. The lowest BCUT2D eigenvalue weighted by Crippen LogP contribution is -2.09. The van der Waals surface area contributed by atoms with Crippen LogP contribution in [0.2, 0.25) is 5.02 Å². The van der Waals surface area contributed by atoms with E-state index in [1.54, 1.807) is 24.3 Å². The molecule has 1 unspecified atom stereocenters. The van der Waals surface area contributed by atoms with Gasteiger partial charge in [-0.25, -0.2) is 4.39 Å². The fraction of sp³-hybridized carbons (Fsp3) is 0.200. The summed E-state index contributed by atoms with van der Waals surface area (Å²) >= 11 is 9.30. The Hall–Kier alpha value is -2.18. The number of ketones is 1. The van der Waals surface area contributed by atoms with Gasteiger partial charge in [0.25, 0.3) is 0 Å². The van der Waals surface area contributed by atoms with Crippen molar-refractivity contribution in [2.24, 2.45) is 0 Å². The smallest absolute Gasteiger partial charge is 0.304 e. The van der Waals surface area contributed by atoms with Gasteiger partial charge < -0.3 is 9.67 Å². The number of aryl methyl sites for hydroxylation is 1. The SMILES string of the molecule is O=C(O)CC1CCn2c1c(C(=O)c1ccc(Cl)cc1)c1c(Br)cc(F)cc12. The average molecular weight is 451 g/mol. The van der Waals surface area contributed by atoms with Crippen LogP contribution in [-0.4, -0.2) is 21.4 Å². The van der Waals surface area contributed by atoms with Gasteiger partial charge in [0.05, 0.1) is 17.5 Å². The Labute approximate surface area is 167 Å². The van der Waals surface area contributed by atoms with E-state index in [1.807, 2.05) is 4.57 Å². The van der Waals surface area contributed by atoms with Gasteiger partial charge in [0.2, 0.25) is 0 Å². The monoisotopic (exact) mass is 449 g/mol. The molecular weight excluding hydrogens is 437 g/mol. The molecule has 0 fully saturated rings. The number of aromatic nitrogens is 1. The van der Waals surface area contributed by atoms with Crippen LogP contribution in [0.3, 0.4) is 0 Å². The third-order valence-corrected chi connectivity index (χ3v) is 5.84. The maximum atomic E-state index is 14.0. The molecule has 4 rings (SSSR count). The van der Waals surface area contributed by atoms with Crippen LogP contribution in [0.15, 0.2) is 40.9 Å². The number of hydrogen-bond donors (Lipinski definition) is 1. The van der Waals surface area contributed by atoms with Crippen molar-refractivity contribution in [1.29, 1.82) is 0 Å². The van der Waals surface area contributed by atoms with E-state index in [0.717, 1.165) is 0 Å². The highest BCUT2D eigenvalue weighted by Crippen LogP contribution is 2.43. The summed E-state index contributed by atoms with van der Waals surface area (Å²) in [4.78, 5) is 24.7. The molecule has 2 heterocycles. The number of carboxylic acids is 1. The van der Waals surface area contributed by atoms with Crippen LogP contribution < -0.4 is 0 Å². The second kappa shape index (κ2) is 6.77. The number of rotatable bonds is 4. The second-order valence-electron chi connectivity index (χ2n) is 6.61. The molecule has 1 N–H and O–H groups in total. The summed E-state index contributed by atoms with van der Waals surface area (Å²) in [6.45, 7) is 0.549. The number of carboxylic acid groups (broad SMARTS) is 1. The zero-order valence-electron chi connectivity index (χ0n) is 14.0. The number of carbonyl (C=O) groups excluding carboxylic acids is 1. The van der Waals surface area contributed by atoms with Crippen molar-refractivity contribution in [2.75, 3.05) is 0 Å². The number of halogens is 3. The predicted molar refractivity (Wildman–Crippen MR) is 104 cm³/mol. The molecular formula is C20H14BrClFNO3. The van der Waals surface area contributed by atoms with Crippen LogP contribution in [0.4, 0.5) is 4.39 Å². The first-order valence-electron chi connectivity index (χ1n) is 8.40. The van der Waals surface area contributed by atoms with Crippen LogP contribution in [0, 0.1) is 5.82 Å². The van der Waals surface area contributed by atoms with E-state index in [1.165, 1.54) is 12.1 Å². The first-order chi connectivity index (χ1) is 12.9. The van der Waals surface area contributed by atoms with E-state index < -0.39 is 11.8 Å². The van der Waals surface area contributed by atoms with Gasteiger partial charge >= 0.3 is 5.97 Å². The molecule has 27 heavy (non-hydrogen) atoms. The quantitative estimate of drug-likeness (QED) is 0.542. The molecule has 1 atom stereocenters. The Bertz CT molecular complexity index is 1090. The lowest BCUT2D eigenvalue weighted by atomic mass is 9.92. The summed E-state index contributed by atoms with van der Waals surface area (Å²) in [5, 5.41) is 10.4. The summed E-state index contributed by atoms with van der Waals surface area (Å²) in [6.07, 6.45) is 0.532. The predicted octanol–water partition coefficient (Wildman–Crippen LogP) is 5.39. The van der Waals surface area contributed by atoms with Crippen molar-refractivity contribution in [3.05, 3.63) is 68.5 Å². The van der Waals surface area contributed by atoms with E-state index in [2.05, 4.69) is 15.9 Å². The van der Waals surface area contributed by atoms with E-state index in [4.69, 9.17) is 11.6 Å². The highest BCUT2D eigenvalue weighted by Gasteiger charge is 2.34. The van der Waals surface area contributed by atoms with Gasteiger partial charge in [-0.3, -0.25) is 9.59 Å². The molecule has 3 aromatic rings. The maximum Gasteiger partial charge on any atom is 0.304 e. The van der Waals surface area contributed by atoms with Crippen molar-refractivity contribution in [2.45, 2.75) is 25.3 Å². The number of fused-ring (bicyclic) bond motifs is 3. The summed E-state index contributed by atoms with van der Waals surface area (Å²) in [6, 6.07) is 9.26. The molecule has 2 aromatic carbocycles. The summed E-state index contributed by atoms with van der Waals surface area (Å²) in [7, 11) is 0. The van der Waals surface area contributed by atoms with Gasteiger partial charge in [-0.05, 0) is 58.7 Å². The molecule has 0 amide bonds. The Morgan fingerprint density at radius 1 is 1.26 bits per heavy atom. The van der Waals surface area contributed by atoms with Gasteiger partial charge in [-0.1, -0.05) is 11.6 Å². The number of nitrogens with zero attached hydrogens (tertiary/aromatic N) is 1. The van der Waals surface area contributed by atoms with Gasteiger partial charge in [-0.15, -0.1) is 0 Å². The molecule has 0 aliphatic carbocycles. The minimum Gasteiger partial charge on any atom is -0.481 e. The molecule has 1 aromatic heterocycles. The van der Waals surface area contributed by atoms with Crippen molar-refractivity contribution in [1.82, 2.24) is 4.57 Å². The maximum absolute atomic E-state index is 14.0. The molecule has 7 heteroatoms. The highest BCUT2D eigenvalue weighted by molar-refractivity contribution is 9.10. The Kier molecular flexibility index (Phi) is 4.56. The van der Waals surface area contributed by atoms with Gasteiger partial charge in [0, 0.05) is 38.6 Å². The van der Waals surface area contributed by atoms with Crippen molar-refractivity contribution in [3.63, 3.8) is 0 Å². The molecule has 0 spiro atoms. The third-order valence-electron chi connectivity index (χ3n) is 4.96. The lowest BCUT2D eigenvalue weighted by Gasteiger charge is -2.10. The molecule has 0 saturated carbocycles. The topological polar surface area (TPSA) is 59.3 Å². The molecule has 1 aliphatic rings. The zero-order chi connectivity index (χ0) is 19.3. The van der Waals surface area contributed by atoms with Gasteiger partial charge in [0.1, 0.15) is 5.82 Å². The number of carbonyl (C=O) groups is 2. The van der Waals surface area contributed by atoms with Crippen LogP contribution >= 0.6 is 27.5 Å². The molecule has 0 saturated heterocycles. The first kappa shape index (κ1) is 18.2. The molecule has 138 valence electrons. The van der Waals surface area contributed by atoms with Gasteiger partial charge in [0.15, 0.2) is 5.78 Å². The fourth-order valence-electron chi connectivity index (χ4n) is 3.89. The Morgan fingerprint density at radius 3 is 2.63 bits per heavy atom. The van der Waals surface area contributed by atoms with E-state index in [0.29, 0.717) is 50.2 Å². The van der Waals surface area contributed by atoms with Crippen molar-refractivity contribution in [3.8, 4) is 0 Å². The van der Waals surface area contributed by atoms with Crippen molar-refractivity contribution < 1.29 is 19.1 Å². The standard InChI is InChI=1S/C20H14BrClFNO3/c21-14-8-13(23)9-15-17(14)18(20(27)10-1-3-12(22)4-2-10)19-11(7-16(25)26)5-6-24(15)19/h1-4,8-9,11H,5-7H2,(H,25,26). The minimum absolute atomic E-state index is 0.0721. The number of benzene rings is 2. The largest absolute Gasteiger partial charge is 0.481 e. The van der Waals surface area contributed by atoms with E-state index >= 15 is 0 Å². The van der Waals surface area contributed by atoms with Gasteiger partial charge in [-0.2, -0.15) is 0 Å². The summed E-state index contributed by atoms with van der Waals surface area (Å²) < 4.78 is 16.4. The Morgan fingerprint density at radius 2 is 1.96 bits per heavy atom. The summed E-state index contributed by atoms with van der Waals surface area (Å²) in [5.74, 6) is -1.86. The van der Waals surface area contributed by atoms with Crippen LogP contribution in [0.5, 0.6) is 0 Å². The first-order valence-corrected chi connectivity index (χ1v) is 9.57. The van der Waals surface area contributed by atoms with Crippen LogP contribution in [0.1, 0.15) is 40.4 Å².